The molecular weight excluding hydrogens is 208 g/mol. The molecule has 1 fully saturated rings. The van der Waals surface area contributed by atoms with Crippen molar-refractivity contribution in [1.82, 2.24) is 4.98 Å². The van der Waals surface area contributed by atoms with Gasteiger partial charge in [0.1, 0.15) is 0 Å². The molecule has 2 rings (SSSR count). The molecule has 0 aromatic carbocycles. The van der Waals surface area contributed by atoms with Gasteiger partial charge in [0.2, 0.25) is 0 Å². The first kappa shape index (κ1) is 10.5. The van der Waals surface area contributed by atoms with E-state index in [-0.39, 0.29) is 11.0 Å². The molecule has 1 unspecified atom stereocenters. The molecule has 2 heterocycles. The summed E-state index contributed by atoms with van der Waals surface area (Å²) in [5.74, 6) is 1.22. The van der Waals surface area contributed by atoms with Crippen molar-refractivity contribution in [2.45, 2.75) is 24.5 Å². The van der Waals surface area contributed by atoms with Gasteiger partial charge in [-0.05, 0) is 24.7 Å². The smallest absolute Gasteiger partial charge is 0.179 e. The summed E-state index contributed by atoms with van der Waals surface area (Å²) in [5, 5.41) is 0.0882. The summed E-state index contributed by atoms with van der Waals surface area (Å²) >= 11 is 1.74. The van der Waals surface area contributed by atoms with Crippen LogP contribution in [0.3, 0.4) is 0 Å². The lowest BCUT2D eigenvalue weighted by atomic mass is 10.0. The molecule has 0 amide bonds. The molecule has 0 radical (unpaired) electrons. The molecule has 15 heavy (non-hydrogen) atoms. The zero-order chi connectivity index (χ0) is 10.7. The predicted octanol–water partition coefficient (Wildman–Crippen LogP) is 2.13. The Morgan fingerprint density at radius 1 is 1.53 bits per heavy atom. The lowest BCUT2D eigenvalue weighted by Gasteiger charge is -2.20. The minimum absolute atomic E-state index is 0.0882. The zero-order valence-corrected chi connectivity index (χ0v) is 9.30. The maximum Gasteiger partial charge on any atom is 0.179 e. The second kappa shape index (κ2) is 4.66. The Morgan fingerprint density at radius 3 is 3.07 bits per heavy atom. The third kappa shape index (κ3) is 2.31. The SMILES string of the molecule is Nc1ccncc1C(=O)C1CCCCS1. The highest BCUT2D eigenvalue weighted by Crippen LogP contribution is 2.28. The molecule has 1 saturated heterocycles. The van der Waals surface area contributed by atoms with Crippen LogP contribution >= 0.6 is 11.8 Å². The summed E-state index contributed by atoms with van der Waals surface area (Å²) in [6, 6.07) is 1.68. The number of hydrogen-bond donors (Lipinski definition) is 1. The maximum atomic E-state index is 12.1. The van der Waals surface area contributed by atoms with Crippen molar-refractivity contribution in [1.29, 1.82) is 0 Å². The predicted molar refractivity (Wildman–Crippen MR) is 63.1 cm³/mol. The maximum absolute atomic E-state index is 12.1. The second-order valence-electron chi connectivity index (χ2n) is 3.68. The van der Waals surface area contributed by atoms with Gasteiger partial charge in [0.15, 0.2) is 5.78 Å². The fourth-order valence-corrected chi connectivity index (χ4v) is 3.00. The Labute approximate surface area is 93.5 Å². The average molecular weight is 222 g/mol. The number of nitrogen functional groups attached to an aromatic ring is 1. The molecular formula is C11H14N2OS. The lowest BCUT2D eigenvalue weighted by Crippen LogP contribution is -2.22. The number of rotatable bonds is 2. The summed E-state index contributed by atoms with van der Waals surface area (Å²) in [7, 11) is 0. The number of hydrogen-bond acceptors (Lipinski definition) is 4. The summed E-state index contributed by atoms with van der Waals surface area (Å²) in [6.07, 6.45) is 6.52. The van der Waals surface area contributed by atoms with Crippen LogP contribution < -0.4 is 5.73 Å². The van der Waals surface area contributed by atoms with Crippen molar-refractivity contribution in [2.75, 3.05) is 11.5 Å². The highest BCUT2D eigenvalue weighted by molar-refractivity contribution is 8.00. The first-order chi connectivity index (χ1) is 7.29. The molecule has 80 valence electrons. The van der Waals surface area contributed by atoms with Crippen molar-refractivity contribution < 1.29 is 4.79 Å². The monoisotopic (exact) mass is 222 g/mol. The zero-order valence-electron chi connectivity index (χ0n) is 8.48. The van der Waals surface area contributed by atoms with E-state index in [0.29, 0.717) is 11.3 Å². The molecule has 1 aliphatic heterocycles. The van der Waals surface area contributed by atoms with Gasteiger partial charge < -0.3 is 5.73 Å². The number of pyridine rings is 1. The number of nitrogens with zero attached hydrogens (tertiary/aromatic N) is 1. The Balaban J connectivity index is 2.16. The van der Waals surface area contributed by atoms with Gasteiger partial charge in [0, 0.05) is 18.1 Å². The van der Waals surface area contributed by atoms with Crippen LogP contribution in [-0.4, -0.2) is 21.8 Å². The van der Waals surface area contributed by atoms with Gasteiger partial charge in [0.25, 0.3) is 0 Å². The van der Waals surface area contributed by atoms with Crippen LogP contribution in [0.15, 0.2) is 18.5 Å². The van der Waals surface area contributed by atoms with Crippen molar-refractivity contribution in [3.8, 4) is 0 Å². The molecule has 1 aliphatic rings. The Morgan fingerprint density at radius 2 is 2.40 bits per heavy atom. The third-order valence-corrected chi connectivity index (χ3v) is 3.97. The normalized spacial score (nSPS) is 21.2. The minimum Gasteiger partial charge on any atom is -0.398 e. The van der Waals surface area contributed by atoms with Crippen LogP contribution in [0.1, 0.15) is 29.6 Å². The quantitative estimate of drug-likeness (QED) is 0.779. The van der Waals surface area contributed by atoms with Crippen LogP contribution in [0.5, 0.6) is 0 Å². The van der Waals surface area contributed by atoms with Crippen LogP contribution in [0.2, 0.25) is 0 Å². The molecule has 1 aromatic rings. The average Bonchev–Trinajstić information content (AvgIpc) is 2.30. The largest absolute Gasteiger partial charge is 0.398 e. The lowest BCUT2D eigenvalue weighted by molar-refractivity contribution is 0.0985. The minimum atomic E-state index is 0.0882. The van der Waals surface area contributed by atoms with Gasteiger partial charge >= 0.3 is 0 Å². The van der Waals surface area contributed by atoms with Crippen molar-refractivity contribution in [3.63, 3.8) is 0 Å². The van der Waals surface area contributed by atoms with E-state index >= 15 is 0 Å². The van der Waals surface area contributed by atoms with E-state index in [1.165, 1.54) is 6.42 Å². The Kier molecular flexibility index (Phi) is 3.26. The molecule has 0 aliphatic carbocycles. The molecule has 0 spiro atoms. The molecule has 0 bridgehead atoms. The number of carbonyl (C=O) groups excluding carboxylic acids is 1. The van der Waals surface area contributed by atoms with Crippen LogP contribution in [-0.2, 0) is 0 Å². The number of aromatic nitrogens is 1. The van der Waals surface area contributed by atoms with Gasteiger partial charge in [-0.1, -0.05) is 6.42 Å². The van der Waals surface area contributed by atoms with Gasteiger partial charge in [0.05, 0.1) is 10.8 Å². The van der Waals surface area contributed by atoms with E-state index in [0.717, 1.165) is 18.6 Å². The van der Waals surface area contributed by atoms with Crippen molar-refractivity contribution >= 4 is 23.2 Å². The van der Waals surface area contributed by atoms with E-state index in [4.69, 9.17) is 5.73 Å². The Bertz CT molecular complexity index is 361. The van der Waals surface area contributed by atoms with Gasteiger partial charge in [-0.3, -0.25) is 9.78 Å². The molecule has 4 heteroatoms. The molecule has 1 aromatic heterocycles. The first-order valence-corrected chi connectivity index (χ1v) is 6.19. The number of carbonyl (C=O) groups is 1. The molecule has 3 nitrogen and oxygen atoms in total. The number of Topliss-reactive ketones (excluding diaryl/α,β-unsaturated/α-hetero) is 1. The number of thioether (sulfide) groups is 1. The van der Waals surface area contributed by atoms with Crippen LogP contribution in [0.25, 0.3) is 0 Å². The fraction of sp³-hybridized carbons (Fsp3) is 0.455. The standard InChI is InChI=1S/C11H14N2OS/c12-9-4-5-13-7-8(9)11(14)10-3-1-2-6-15-10/h4-5,7,10H,1-3,6H2,(H2,12,13). The van der Waals surface area contributed by atoms with E-state index in [1.54, 1.807) is 30.2 Å². The summed E-state index contributed by atoms with van der Waals surface area (Å²) in [5.41, 5.74) is 6.88. The van der Waals surface area contributed by atoms with Gasteiger partial charge in [-0.25, -0.2) is 0 Å². The summed E-state index contributed by atoms with van der Waals surface area (Å²) < 4.78 is 0. The second-order valence-corrected chi connectivity index (χ2v) is 4.99. The summed E-state index contributed by atoms with van der Waals surface area (Å²) in [6.45, 7) is 0. The van der Waals surface area contributed by atoms with Gasteiger partial charge in [-0.2, -0.15) is 11.8 Å². The van der Waals surface area contributed by atoms with E-state index in [2.05, 4.69) is 4.98 Å². The van der Waals surface area contributed by atoms with E-state index < -0.39 is 0 Å². The van der Waals surface area contributed by atoms with E-state index in [1.807, 2.05) is 0 Å². The van der Waals surface area contributed by atoms with Gasteiger partial charge in [-0.15, -0.1) is 0 Å². The topological polar surface area (TPSA) is 56.0 Å². The number of ketones is 1. The highest BCUT2D eigenvalue weighted by Gasteiger charge is 2.24. The molecule has 1 atom stereocenters. The molecule has 2 N–H and O–H groups in total. The third-order valence-electron chi connectivity index (χ3n) is 2.59. The molecule has 0 saturated carbocycles. The van der Waals surface area contributed by atoms with E-state index in [9.17, 15) is 4.79 Å². The first-order valence-electron chi connectivity index (χ1n) is 5.14. The van der Waals surface area contributed by atoms with Crippen LogP contribution in [0, 0.1) is 0 Å². The highest BCUT2D eigenvalue weighted by atomic mass is 32.2. The fourth-order valence-electron chi connectivity index (χ4n) is 1.73. The summed E-state index contributed by atoms with van der Waals surface area (Å²) in [4.78, 5) is 16.0. The number of nitrogens with two attached hydrogens (primary N) is 1. The van der Waals surface area contributed by atoms with Crippen molar-refractivity contribution in [2.24, 2.45) is 0 Å². The van der Waals surface area contributed by atoms with Crippen molar-refractivity contribution in [3.05, 3.63) is 24.0 Å². The van der Waals surface area contributed by atoms with Crippen LogP contribution in [0.4, 0.5) is 5.69 Å². The Hall–Kier alpha value is -1.03. The number of anilines is 1.